The van der Waals surface area contributed by atoms with Crippen molar-refractivity contribution in [3.63, 3.8) is 0 Å². The topological polar surface area (TPSA) is 40.6 Å². The molecule has 4 nitrogen and oxygen atoms in total. The zero-order chi connectivity index (χ0) is 8.31. The fourth-order valence-corrected chi connectivity index (χ4v) is 0.483. The van der Waals surface area contributed by atoms with Crippen molar-refractivity contribution in [1.82, 2.24) is 8.84 Å². The Bertz CT molecular complexity index is 159. The van der Waals surface area contributed by atoms with Crippen LogP contribution in [0.25, 0.3) is 0 Å². The number of urea groups is 1. The highest BCUT2D eigenvalue weighted by Crippen LogP contribution is 2.02. The van der Waals surface area contributed by atoms with Crippen LogP contribution in [0.5, 0.6) is 0 Å². The van der Waals surface area contributed by atoms with Gasteiger partial charge in [0.25, 0.3) is 0 Å². The molecule has 0 aromatic rings. The Morgan fingerprint density at radius 1 is 1.30 bits per heavy atom. The average molecular weight is 185 g/mol. The molecule has 0 N–H and O–H groups in total. The molecule has 58 valence electrons. The van der Waals surface area contributed by atoms with Gasteiger partial charge in [-0.2, -0.15) is 4.42 Å². The minimum absolute atomic E-state index is 0.396. The average Bonchev–Trinajstić information content (AvgIpc) is 1.84. The van der Waals surface area contributed by atoms with Crippen LogP contribution in [-0.4, -0.2) is 27.8 Å². The number of imide groups is 1. The van der Waals surface area contributed by atoms with Crippen LogP contribution in [0.1, 0.15) is 6.92 Å². The Labute approximate surface area is 68.5 Å². The molecule has 0 atom stereocenters. The van der Waals surface area contributed by atoms with Gasteiger partial charge in [0.2, 0.25) is 5.91 Å². The number of carbonyl (C=O) groups excluding carboxylic acids is 2. The lowest BCUT2D eigenvalue weighted by molar-refractivity contribution is -0.122. The van der Waals surface area contributed by atoms with E-state index in [2.05, 4.69) is 0 Å². The SMILES string of the molecule is CC(=O)N(Cl)C(=O)N(C)Cl. The first-order valence-electron chi connectivity index (χ1n) is 2.36. The molecular weight excluding hydrogens is 179 g/mol. The number of nitrogens with zero attached hydrogens (tertiary/aromatic N) is 2. The maximum Gasteiger partial charge on any atom is 0.356 e. The lowest BCUT2D eigenvalue weighted by Gasteiger charge is -2.12. The van der Waals surface area contributed by atoms with E-state index >= 15 is 0 Å². The van der Waals surface area contributed by atoms with Gasteiger partial charge in [0.15, 0.2) is 0 Å². The summed E-state index contributed by atoms with van der Waals surface area (Å²) in [5.74, 6) is -0.570. The molecule has 0 unspecified atom stereocenters. The molecule has 0 heterocycles. The number of halogens is 2. The van der Waals surface area contributed by atoms with E-state index in [1.54, 1.807) is 0 Å². The van der Waals surface area contributed by atoms with E-state index in [9.17, 15) is 9.59 Å². The van der Waals surface area contributed by atoms with Gasteiger partial charge in [-0.25, -0.2) is 9.21 Å². The van der Waals surface area contributed by atoms with E-state index in [4.69, 9.17) is 23.6 Å². The Morgan fingerprint density at radius 3 is 1.80 bits per heavy atom. The molecule has 0 aromatic carbocycles. The summed E-state index contributed by atoms with van der Waals surface area (Å²) in [6.45, 7) is 1.16. The summed E-state index contributed by atoms with van der Waals surface area (Å²) >= 11 is 10.3. The highest BCUT2D eigenvalue weighted by atomic mass is 35.5. The van der Waals surface area contributed by atoms with E-state index in [1.165, 1.54) is 7.05 Å². The molecule has 6 heteroatoms. The van der Waals surface area contributed by atoms with Gasteiger partial charge in [-0.1, -0.05) is 0 Å². The first-order valence-corrected chi connectivity index (χ1v) is 3.04. The molecule has 0 radical (unpaired) electrons. The summed E-state index contributed by atoms with van der Waals surface area (Å²) in [5, 5.41) is 0. The molecule has 0 saturated carbocycles. The van der Waals surface area contributed by atoms with Crippen molar-refractivity contribution >= 4 is 35.5 Å². The second kappa shape index (κ2) is 3.63. The van der Waals surface area contributed by atoms with Crippen LogP contribution in [0.4, 0.5) is 4.79 Å². The molecular formula is C4H6Cl2N2O2. The normalized spacial score (nSPS) is 8.80. The van der Waals surface area contributed by atoms with Crippen LogP contribution in [-0.2, 0) is 4.79 Å². The molecule has 10 heavy (non-hydrogen) atoms. The number of rotatable bonds is 0. The van der Waals surface area contributed by atoms with E-state index in [0.29, 0.717) is 8.84 Å². The molecule has 0 aromatic heterocycles. The van der Waals surface area contributed by atoms with E-state index < -0.39 is 11.9 Å². The molecule has 0 rings (SSSR count). The molecule has 0 fully saturated rings. The first kappa shape index (κ1) is 9.52. The molecule has 0 spiro atoms. The lowest BCUT2D eigenvalue weighted by Crippen LogP contribution is -2.32. The number of hydrogen-bond donors (Lipinski definition) is 0. The summed E-state index contributed by atoms with van der Waals surface area (Å²) in [7, 11) is 1.28. The van der Waals surface area contributed by atoms with Crippen LogP contribution in [0, 0.1) is 0 Å². The predicted octanol–water partition coefficient (Wildman–Crippen LogP) is 1.19. The minimum Gasteiger partial charge on any atom is -0.273 e. The van der Waals surface area contributed by atoms with Crippen LogP contribution in [0.2, 0.25) is 0 Å². The van der Waals surface area contributed by atoms with Gasteiger partial charge in [-0.3, -0.25) is 4.79 Å². The van der Waals surface area contributed by atoms with E-state index in [0.717, 1.165) is 6.92 Å². The Morgan fingerprint density at radius 2 is 1.70 bits per heavy atom. The van der Waals surface area contributed by atoms with Crippen molar-refractivity contribution in [2.24, 2.45) is 0 Å². The van der Waals surface area contributed by atoms with Gasteiger partial charge in [0, 0.05) is 37.5 Å². The summed E-state index contributed by atoms with van der Waals surface area (Å²) in [4.78, 5) is 21.0. The molecule has 0 aliphatic carbocycles. The number of hydrogen-bond acceptors (Lipinski definition) is 2. The quantitative estimate of drug-likeness (QED) is 0.532. The monoisotopic (exact) mass is 184 g/mol. The predicted molar refractivity (Wildman–Crippen MR) is 37.4 cm³/mol. The first-order chi connectivity index (χ1) is 4.46. The third-order valence-electron chi connectivity index (χ3n) is 0.708. The van der Waals surface area contributed by atoms with E-state index in [1.807, 2.05) is 0 Å². The zero-order valence-corrected chi connectivity index (χ0v) is 6.98. The zero-order valence-electron chi connectivity index (χ0n) is 5.47. The molecule has 0 bridgehead atoms. The smallest absolute Gasteiger partial charge is 0.273 e. The van der Waals surface area contributed by atoms with Crippen LogP contribution < -0.4 is 0 Å². The van der Waals surface area contributed by atoms with Crippen LogP contribution >= 0.6 is 23.6 Å². The second-order valence-corrected chi connectivity index (χ2v) is 2.40. The number of carbonyl (C=O) groups is 2. The third kappa shape index (κ3) is 2.41. The fraction of sp³-hybridized carbons (Fsp3) is 0.500. The van der Waals surface area contributed by atoms with Gasteiger partial charge in [-0.05, 0) is 0 Å². The highest BCUT2D eigenvalue weighted by Gasteiger charge is 2.17. The summed E-state index contributed by atoms with van der Waals surface area (Å²) < 4.78 is 1.08. The Balaban J connectivity index is 4.08. The Hall–Kier alpha value is -0.480. The summed E-state index contributed by atoms with van der Waals surface area (Å²) in [6.07, 6.45) is 0. The van der Waals surface area contributed by atoms with Gasteiger partial charge in [-0.15, -0.1) is 0 Å². The number of amides is 3. The van der Waals surface area contributed by atoms with Gasteiger partial charge in [0.1, 0.15) is 0 Å². The molecule has 0 saturated heterocycles. The van der Waals surface area contributed by atoms with Crippen molar-refractivity contribution in [2.45, 2.75) is 6.92 Å². The van der Waals surface area contributed by atoms with Crippen molar-refractivity contribution in [3.8, 4) is 0 Å². The van der Waals surface area contributed by atoms with E-state index in [-0.39, 0.29) is 0 Å². The Kier molecular flexibility index (Phi) is 3.46. The van der Waals surface area contributed by atoms with Crippen LogP contribution in [0.3, 0.4) is 0 Å². The van der Waals surface area contributed by atoms with Gasteiger partial charge >= 0.3 is 6.03 Å². The standard InChI is InChI=1S/C4H6Cl2N2O2/c1-3(9)8(6)4(10)7(2)5/h1-2H3. The van der Waals surface area contributed by atoms with Crippen molar-refractivity contribution in [2.75, 3.05) is 7.05 Å². The van der Waals surface area contributed by atoms with Crippen molar-refractivity contribution < 1.29 is 9.59 Å². The fourth-order valence-electron chi connectivity index (χ4n) is 0.256. The summed E-state index contributed by atoms with van der Waals surface area (Å²) in [6, 6.07) is -0.768. The molecule has 3 amide bonds. The van der Waals surface area contributed by atoms with Gasteiger partial charge < -0.3 is 0 Å². The summed E-state index contributed by atoms with van der Waals surface area (Å²) in [5.41, 5.74) is 0. The highest BCUT2D eigenvalue weighted by molar-refractivity contribution is 6.33. The van der Waals surface area contributed by atoms with Crippen molar-refractivity contribution in [1.29, 1.82) is 0 Å². The minimum atomic E-state index is -0.768. The maximum absolute atomic E-state index is 10.7. The van der Waals surface area contributed by atoms with Crippen molar-refractivity contribution in [3.05, 3.63) is 0 Å². The largest absolute Gasteiger partial charge is 0.356 e. The molecule has 0 aliphatic heterocycles. The third-order valence-corrected chi connectivity index (χ3v) is 1.24. The van der Waals surface area contributed by atoms with Crippen LogP contribution in [0.15, 0.2) is 0 Å². The van der Waals surface area contributed by atoms with Gasteiger partial charge in [0.05, 0.1) is 0 Å². The molecule has 0 aliphatic rings. The second-order valence-electron chi connectivity index (χ2n) is 1.56. The lowest BCUT2D eigenvalue weighted by atomic mass is 10.7. The maximum atomic E-state index is 10.7.